The molecule has 4 N–H and O–H groups in total. The van der Waals surface area contributed by atoms with Gasteiger partial charge in [0.15, 0.2) is 23.4 Å². The summed E-state index contributed by atoms with van der Waals surface area (Å²) in [5, 5.41) is 11.0. The number of carbonyl (C=O) groups excluding carboxylic acids is 2. The molecule has 0 radical (unpaired) electrons. The third-order valence-electron chi connectivity index (χ3n) is 11.2. The number of rotatable bonds is 3. The third kappa shape index (κ3) is 4.28. The number of H-pyrrole nitrogens is 1. The van der Waals surface area contributed by atoms with E-state index in [0.717, 1.165) is 54.4 Å². The summed E-state index contributed by atoms with van der Waals surface area (Å²) in [5.41, 5.74) is 7.24. The van der Waals surface area contributed by atoms with Gasteiger partial charge in [-0.05, 0) is 53.4 Å². The number of halogens is 1. The van der Waals surface area contributed by atoms with Crippen molar-refractivity contribution in [3.05, 3.63) is 130 Å². The van der Waals surface area contributed by atoms with Crippen molar-refractivity contribution in [1.82, 2.24) is 25.6 Å². The van der Waals surface area contributed by atoms with E-state index >= 15 is 0 Å². The highest BCUT2D eigenvalue weighted by atomic mass is 79.9. The maximum Gasteiger partial charge on any atom is 0.251 e. The SMILES string of the molecule is CC(C)[C@@H]1NC(=O)[C@@H](NC(=O)c2ccc(Br)cc2)Cc2ccc3c(c2)[C@]24c5cccc(c5NC2O3)-c2cccc3[nH]cc(c23)-c2cnc(o2)-c2nc1oc24. The van der Waals surface area contributed by atoms with Crippen LogP contribution in [0.15, 0.2) is 105 Å². The molecule has 0 saturated heterocycles. The second kappa shape index (κ2) is 11.2. The van der Waals surface area contributed by atoms with Crippen LogP contribution in [0, 0.1) is 5.92 Å². The van der Waals surface area contributed by atoms with E-state index in [1.807, 2.05) is 38.2 Å². The first-order chi connectivity index (χ1) is 26.3. The Balaban J connectivity index is 1.18. The number of anilines is 1. The maximum atomic E-state index is 14.3. The number of aromatic nitrogens is 3. The van der Waals surface area contributed by atoms with Gasteiger partial charge in [0.1, 0.15) is 23.2 Å². The number of nitrogens with zero attached hydrogens (tertiary/aromatic N) is 2. The number of para-hydroxylation sites is 1. The monoisotopic (exact) mass is 778 g/mol. The number of ether oxygens (including phenoxy) is 1. The number of hydrogen-bond acceptors (Lipinski definition) is 8. The zero-order valence-corrected chi connectivity index (χ0v) is 30.6. The van der Waals surface area contributed by atoms with Gasteiger partial charge in [-0.3, -0.25) is 9.59 Å². The average molecular weight is 780 g/mol. The summed E-state index contributed by atoms with van der Waals surface area (Å²) in [4.78, 5) is 41.3. The van der Waals surface area contributed by atoms with Gasteiger partial charge in [0.25, 0.3) is 5.91 Å². The van der Waals surface area contributed by atoms with Crippen molar-refractivity contribution in [2.45, 2.75) is 44.0 Å². The Labute approximate surface area is 316 Å². The second-order valence-corrected chi connectivity index (χ2v) is 15.6. The van der Waals surface area contributed by atoms with Crippen molar-refractivity contribution in [1.29, 1.82) is 0 Å². The fourth-order valence-corrected chi connectivity index (χ4v) is 8.96. The smallest absolute Gasteiger partial charge is 0.251 e. The molecule has 7 aromatic rings. The molecule has 10 bridgehead atoms. The third-order valence-corrected chi connectivity index (χ3v) is 11.8. The van der Waals surface area contributed by atoms with Gasteiger partial charge >= 0.3 is 0 Å². The maximum absolute atomic E-state index is 14.3. The Morgan fingerprint density at radius 1 is 0.963 bits per heavy atom. The molecule has 4 aliphatic rings. The van der Waals surface area contributed by atoms with Gasteiger partial charge in [0.05, 0.1) is 6.20 Å². The van der Waals surface area contributed by atoms with E-state index in [1.54, 1.807) is 30.5 Å². The molecule has 4 aromatic carbocycles. The number of hydrogen-bond donors (Lipinski definition) is 4. The van der Waals surface area contributed by atoms with Crippen LogP contribution in [0.3, 0.4) is 0 Å². The lowest BCUT2D eigenvalue weighted by Gasteiger charge is -2.28. The van der Waals surface area contributed by atoms with E-state index in [4.69, 9.17) is 23.5 Å². The topological polar surface area (TPSA) is 147 Å². The number of aromatic amines is 1. The first-order valence-electron chi connectivity index (χ1n) is 17.9. The highest BCUT2D eigenvalue weighted by molar-refractivity contribution is 9.10. The highest BCUT2D eigenvalue weighted by Crippen LogP contribution is 2.61. The molecule has 12 heteroatoms. The zero-order valence-electron chi connectivity index (χ0n) is 29.0. The van der Waals surface area contributed by atoms with Crippen LogP contribution >= 0.6 is 15.9 Å². The molecule has 11 rings (SSSR count). The fraction of sp³-hybridized carbons (Fsp3) is 0.190. The standard InChI is InChI=1S/C42H31BrN6O5/c1-19(2)33-40-48-35-36(54-40)42-26-7-3-6-24(23-5-4-8-28-32(23)25(17-44-28)31-18-45-39(35)52-31)34(26)49-41(42)53-30-14-9-20(15-27(30)42)16-29(38(51)47-33)46-37(50)21-10-12-22(43)13-11-21/h3-15,17-19,29,33,41,44,49H,16H2,1-2H3,(H,46,50)(H,47,51)/t29-,33-,41?,42-/m0/s1. The largest absolute Gasteiger partial charge is 0.469 e. The van der Waals surface area contributed by atoms with Crippen molar-refractivity contribution in [3.63, 3.8) is 0 Å². The predicted octanol–water partition coefficient (Wildman–Crippen LogP) is 7.87. The Morgan fingerprint density at radius 2 is 1.80 bits per heavy atom. The van der Waals surface area contributed by atoms with Gasteiger partial charge < -0.3 is 34.5 Å². The lowest BCUT2D eigenvalue weighted by molar-refractivity contribution is -0.124. The predicted molar refractivity (Wildman–Crippen MR) is 204 cm³/mol. The van der Waals surface area contributed by atoms with Gasteiger partial charge in [-0.1, -0.05) is 72.2 Å². The second-order valence-electron chi connectivity index (χ2n) is 14.7. The van der Waals surface area contributed by atoms with Crippen LogP contribution in [0.1, 0.15) is 58.6 Å². The van der Waals surface area contributed by atoms with Gasteiger partial charge in [-0.25, -0.2) is 9.97 Å². The molecule has 0 saturated carbocycles. The molecule has 266 valence electrons. The van der Waals surface area contributed by atoms with Crippen molar-refractivity contribution in [2.75, 3.05) is 5.32 Å². The van der Waals surface area contributed by atoms with Gasteiger partial charge in [0, 0.05) is 61.5 Å². The molecule has 0 aliphatic carbocycles. The Morgan fingerprint density at radius 3 is 2.65 bits per heavy atom. The minimum Gasteiger partial charge on any atom is -0.469 e. The molecule has 2 amide bonds. The number of nitrogens with one attached hydrogen (secondary N) is 4. The van der Waals surface area contributed by atoms with Gasteiger partial charge in [0.2, 0.25) is 17.7 Å². The number of carbonyl (C=O) groups is 2. The number of oxazole rings is 2. The quantitative estimate of drug-likeness (QED) is 0.142. The molecule has 4 aliphatic heterocycles. The molecule has 11 nitrogen and oxygen atoms in total. The summed E-state index contributed by atoms with van der Waals surface area (Å²) in [6.45, 7) is 3.99. The minimum absolute atomic E-state index is 0.147. The molecule has 7 heterocycles. The molecular formula is C42H31BrN6O5. The first-order valence-corrected chi connectivity index (χ1v) is 18.7. The van der Waals surface area contributed by atoms with Gasteiger partial charge in [-0.2, -0.15) is 0 Å². The van der Waals surface area contributed by atoms with E-state index in [2.05, 4.69) is 73.3 Å². The Bertz CT molecular complexity index is 2730. The van der Waals surface area contributed by atoms with Crippen LogP contribution in [0.2, 0.25) is 0 Å². The lowest BCUT2D eigenvalue weighted by Crippen LogP contribution is -2.49. The molecule has 54 heavy (non-hydrogen) atoms. The van der Waals surface area contributed by atoms with Crippen molar-refractivity contribution >= 4 is 44.3 Å². The fourth-order valence-electron chi connectivity index (χ4n) is 8.70. The molecule has 1 unspecified atom stereocenters. The van der Waals surface area contributed by atoms with Crippen LogP contribution < -0.4 is 20.7 Å². The summed E-state index contributed by atoms with van der Waals surface area (Å²) in [5.74, 6) is 1.47. The molecule has 1 spiro atoms. The van der Waals surface area contributed by atoms with Crippen LogP contribution in [-0.4, -0.2) is 39.0 Å². The molecular weight excluding hydrogens is 748 g/mol. The van der Waals surface area contributed by atoms with Gasteiger partial charge in [-0.15, -0.1) is 0 Å². The van der Waals surface area contributed by atoms with E-state index < -0.39 is 23.7 Å². The van der Waals surface area contributed by atoms with Crippen LogP contribution in [-0.2, 0) is 16.6 Å². The summed E-state index contributed by atoms with van der Waals surface area (Å²) in [7, 11) is 0. The van der Waals surface area contributed by atoms with Crippen LogP contribution in [0.5, 0.6) is 5.75 Å². The van der Waals surface area contributed by atoms with E-state index in [0.29, 0.717) is 34.4 Å². The summed E-state index contributed by atoms with van der Waals surface area (Å²) in [6.07, 6.45) is 3.27. The highest BCUT2D eigenvalue weighted by Gasteiger charge is 2.61. The first kappa shape index (κ1) is 31.4. The normalized spacial score (nSPS) is 21.4. The average Bonchev–Trinajstić information content (AvgIpc) is 3.99. The van der Waals surface area contributed by atoms with Crippen molar-refractivity contribution in [2.24, 2.45) is 5.92 Å². The Kier molecular flexibility index (Phi) is 6.50. The van der Waals surface area contributed by atoms with E-state index in [-0.39, 0.29) is 30.0 Å². The van der Waals surface area contributed by atoms with Crippen LogP contribution in [0.25, 0.3) is 44.9 Å². The summed E-state index contributed by atoms with van der Waals surface area (Å²) in [6, 6.07) is 23.9. The molecule has 0 fully saturated rings. The number of benzene rings is 4. The number of amides is 2. The van der Waals surface area contributed by atoms with Crippen molar-refractivity contribution < 1.29 is 23.2 Å². The van der Waals surface area contributed by atoms with E-state index in [9.17, 15) is 9.59 Å². The van der Waals surface area contributed by atoms with E-state index in [1.165, 1.54) is 0 Å². The summed E-state index contributed by atoms with van der Waals surface area (Å²) >= 11 is 3.44. The zero-order chi connectivity index (χ0) is 36.5. The molecule has 3 aromatic heterocycles. The number of fused-ring (bicyclic) bond motifs is 7. The van der Waals surface area contributed by atoms with Crippen molar-refractivity contribution in [3.8, 4) is 39.8 Å². The minimum atomic E-state index is -1.04. The Hall–Kier alpha value is -6.14. The summed E-state index contributed by atoms with van der Waals surface area (Å²) < 4.78 is 21.4. The van der Waals surface area contributed by atoms with Crippen LogP contribution in [0.4, 0.5) is 5.69 Å². The molecule has 4 atom stereocenters. The lowest BCUT2D eigenvalue weighted by atomic mass is 9.72.